The Morgan fingerprint density at radius 2 is 0.678 bits per heavy atom. The van der Waals surface area contributed by atoms with E-state index in [-0.39, 0.29) is 5.41 Å². The van der Waals surface area contributed by atoms with Crippen LogP contribution >= 0.6 is 0 Å². The first-order valence-corrected chi connectivity index (χ1v) is 20.8. The molecule has 0 aromatic heterocycles. The van der Waals surface area contributed by atoms with Crippen molar-refractivity contribution in [3.05, 3.63) is 246 Å². The molecule has 0 heterocycles. The van der Waals surface area contributed by atoms with Gasteiger partial charge in [0.1, 0.15) is 0 Å². The molecule has 0 saturated heterocycles. The molecule has 0 amide bonds. The molecule has 9 aromatic carbocycles. The van der Waals surface area contributed by atoms with E-state index in [4.69, 9.17) is 0 Å². The fraction of sp³-hybridized carbons (Fsp3) is 0.0690. The van der Waals surface area contributed by atoms with E-state index in [2.05, 4.69) is 231 Å². The second-order valence-electron chi connectivity index (χ2n) is 16.8. The average Bonchev–Trinajstić information content (AvgIpc) is 3.85. The largest absolute Gasteiger partial charge is 0.310 e. The Balaban J connectivity index is 1.07. The first-order valence-electron chi connectivity index (χ1n) is 20.8. The van der Waals surface area contributed by atoms with Crippen molar-refractivity contribution in [2.75, 3.05) is 4.90 Å². The van der Waals surface area contributed by atoms with Crippen molar-refractivity contribution in [3.63, 3.8) is 0 Å². The van der Waals surface area contributed by atoms with Crippen molar-refractivity contribution in [1.82, 2.24) is 0 Å². The fourth-order valence-corrected chi connectivity index (χ4v) is 10.8. The summed E-state index contributed by atoms with van der Waals surface area (Å²) in [4.78, 5) is 2.47. The van der Waals surface area contributed by atoms with Crippen molar-refractivity contribution in [2.24, 2.45) is 0 Å². The smallest absolute Gasteiger partial charge is 0.0726 e. The van der Waals surface area contributed by atoms with Crippen LogP contribution in [0.5, 0.6) is 0 Å². The van der Waals surface area contributed by atoms with Crippen molar-refractivity contribution in [2.45, 2.75) is 24.7 Å². The quantitative estimate of drug-likeness (QED) is 0.169. The second kappa shape index (κ2) is 12.6. The number of anilines is 3. The van der Waals surface area contributed by atoms with Gasteiger partial charge in [-0.1, -0.05) is 184 Å². The summed E-state index contributed by atoms with van der Waals surface area (Å²) in [5.74, 6) is 0. The lowest BCUT2D eigenvalue weighted by Gasteiger charge is -2.32. The van der Waals surface area contributed by atoms with E-state index in [9.17, 15) is 0 Å². The Labute approximate surface area is 346 Å². The molecule has 3 aliphatic carbocycles. The van der Waals surface area contributed by atoms with Gasteiger partial charge in [0.25, 0.3) is 0 Å². The minimum atomic E-state index is -0.427. The number of hydrogen-bond acceptors (Lipinski definition) is 1. The zero-order valence-electron chi connectivity index (χ0n) is 33.2. The van der Waals surface area contributed by atoms with Crippen molar-refractivity contribution < 1.29 is 0 Å². The Hall–Kier alpha value is -7.22. The molecule has 59 heavy (non-hydrogen) atoms. The summed E-state index contributed by atoms with van der Waals surface area (Å²) < 4.78 is 0. The van der Waals surface area contributed by atoms with Gasteiger partial charge in [-0.2, -0.15) is 0 Å². The third kappa shape index (κ3) is 4.79. The van der Waals surface area contributed by atoms with Gasteiger partial charge in [-0.05, 0) is 131 Å². The number of fused-ring (bicyclic) bond motifs is 13. The number of rotatable bonds is 5. The van der Waals surface area contributed by atoms with Gasteiger partial charge < -0.3 is 4.90 Å². The summed E-state index contributed by atoms with van der Waals surface area (Å²) >= 11 is 0. The summed E-state index contributed by atoms with van der Waals surface area (Å²) in [5, 5.41) is 0. The molecular formula is C58H41N. The highest BCUT2D eigenvalue weighted by Crippen LogP contribution is 2.63. The van der Waals surface area contributed by atoms with Crippen LogP contribution in [0.25, 0.3) is 55.6 Å². The van der Waals surface area contributed by atoms with E-state index < -0.39 is 5.41 Å². The zero-order chi connectivity index (χ0) is 39.3. The molecular weight excluding hydrogens is 711 g/mol. The van der Waals surface area contributed by atoms with Crippen molar-refractivity contribution >= 4 is 17.1 Å². The molecule has 1 spiro atoms. The molecule has 0 N–H and O–H groups in total. The van der Waals surface area contributed by atoms with Crippen molar-refractivity contribution in [1.29, 1.82) is 0 Å². The SMILES string of the molecule is CC1(C)c2ccccc2-c2ccc(-c3cccc(N(c4cccc(-c5ccccc5)c4)c4ccc5c(c4)C4(c6ccccc6-c6ccccc64)c4ccccc4-5)c3)cc21. The molecule has 1 heteroatoms. The van der Waals surface area contributed by atoms with E-state index in [1.165, 1.54) is 89.0 Å². The molecule has 278 valence electrons. The highest BCUT2D eigenvalue weighted by atomic mass is 15.1. The Morgan fingerprint density at radius 3 is 1.27 bits per heavy atom. The third-order valence-corrected chi connectivity index (χ3v) is 13.5. The van der Waals surface area contributed by atoms with Crippen LogP contribution in [0.15, 0.2) is 212 Å². The summed E-state index contributed by atoms with van der Waals surface area (Å²) in [7, 11) is 0. The summed E-state index contributed by atoms with van der Waals surface area (Å²) in [6.45, 7) is 4.72. The second-order valence-corrected chi connectivity index (χ2v) is 16.8. The normalized spacial score (nSPS) is 14.2. The highest BCUT2D eigenvalue weighted by Gasteiger charge is 2.51. The first-order chi connectivity index (χ1) is 29.0. The van der Waals surface area contributed by atoms with Crippen LogP contribution in [0.4, 0.5) is 17.1 Å². The summed E-state index contributed by atoms with van der Waals surface area (Å²) in [5.41, 5.74) is 23.8. The predicted molar refractivity (Wildman–Crippen MR) is 246 cm³/mol. The minimum absolute atomic E-state index is 0.0705. The van der Waals surface area contributed by atoms with Crippen LogP contribution in [0, 0.1) is 0 Å². The van der Waals surface area contributed by atoms with Gasteiger partial charge in [-0.3, -0.25) is 0 Å². The molecule has 0 radical (unpaired) electrons. The van der Waals surface area contributed by atoms with Crippen LogP contribution in [0.3, 0.4) is 0 Å². The van der Waals surface area contributed by atoms with Gasteiger partial charge in [-0.15, -0.1) is 0 Å². The highest BCUT2D eigenvalue weighted by molar-refractivity contribution is 5.96. The Bertz CT molecular complexity index is 3090. The zero-order valence-corrected chi connectivity index (χ0v) is 33.2. The molecule has 1 nitrogen and oxygen atoms in total. The molecule has 0 unspecified atom stereocenters. The maximum atomic E-state index is 2.49. The predicted octanol–water partition coefficient (Wildman–Crippen LogP) is 15.1. The molecule has 12 rings (SSSR count). The third-order valence-electron chi connectivity index (χ3n) is 13.5. The molecule has 0 aliphatic heterocycles. The number of hydrogen-bond donors (Lipinski definition) is 0. The lowest BCUT2D eigenvalue weighted by molar-refractivity contribution is 0.660. The van der Waals surface area contributed by atoms with Gasteiger partial charge in [0.15, 0.2) is 0 Å². The van der Waals surface area contributed by atoms with Gasteiger partial charge in [0.2, 0.25) is 0 Å². The van der Waals surface area contributed by atoms with Gasteiger partial charge in [0.05, 0.1) is 5.41 Å². The standard InChI is InChI=1S/C58H41N/c1-57(2)51-26-10-6-22-45(51)49-32-30-41(36-55(49)57)40-19-15-21-43(35-40)59(42-20-14-18-39(34-42)38-16-4-3-5-17-38)44-31-33-50-48-25-9-13-29-54(48)58(56(50)37-44)52-27-11-7-23-46(52)47-24-8-12-28-53(47)58/h3-37H,1-2H3. The monoisotopic (exact) mass is 751 g/mol. The molecule has 0 bridgehead atoms. The number of nitrogens with zero attached hydrogens (tertiary/aromatic N) is 1. The average molecular weight is 752 g/mol. The van der Waals surface area contributed by atoms with Crippen LogP contribution in [-0.4, -0.2) is 0 Å². The molecule has 0 saturated carbocycles. The fourth-order valence-electron chi connectivity index (χ4n) is 10.8. The summed E-state index contributed by atoms with van der Waals surface area (Å²) in [6, 6.07) is 79.2. The van der Waals surface area contributed by atoms with Gasteiger partial charge in [0, 0.05) is 22.5 Å². The lowest BCUT2D eigenvalue weighted by Crippen LogP contribution is -2.26. The Kier molecular flexibility index (Phi) is 7.26. The molecule has 0 fully saturated rings. The molecule has 0 atom stereocenters. The molecule has 9 aromatic rings. The number of benzene rings is 9. The first kappa shape index (κ1) is 33.9. The van der Waals surface area contributed by atoms with E-state index in [1.54, 1.807) is 0 Å². The maximum Gasteiger partial charge on any atom is 0.0726 e. The van der Waals surface area contributed by atoms with Crippen LogP contribution in [-0.2, 0) is 10.8 Å². The van der Waals surface area contributed by atoms with E-state index in [0.29, 0.717) is 0 Å². The van der Waals surface area contributed by atoms with Gasteiger partial charge in [-0.25, -0.2) is 0 Å². The Morgan fingerprint density at radius 1 is 0.271 bits per heavy atom. The topological polar surface area (TPSA) is 3.24 Å². The van der Waals surface area contributed by atoms with E-state index >= 15 is 0 Å². The summed E-state index contributed by atoms with van der Waals surface area (Å²) in [6.07, 6.45) is 0. The van der Waals surface area contributed by atoms with E-state index in [0.717, 1.165) is 17.1 Å². The van der Waals surface area contributed by atoms with Crippen molar-refractivity contribution in [3.8, 4) is 55.6 Å². The van der Waals surface area contributed by atoms with Crippen LogP contribution in [0.2, 0.25) is 0 Å². The maximum absolute atomic E-state index is 2.49. The van der Waals surface area contributed by atoms with Gasteiger partial charge >= 0.3 is 0 Å². The lowest BCUT2D eigenvalue weighted by atomic mass is 9.70. The minimum Gasteiger partial charge on any atom is -0.310 e. The molecule has 3 aliphatic rings. The van der Waals surface area contributed by atoms with E-state index in [1.807, 2.05) is 0 Å². The van der Waals surface area contributed by atoms with Crippen LogP contribution < -0.4 is 4.90 Å². The van der Waals surface area contributed by atoms with Crippen LogP contribution in [0.1, 0.15) is 47.2 Å².